The summed E-state index contributed by atoms with van der Waals surface area (Å²) in [6, 6.07) is 4.98. The van der Waals surface area contributed by atoms with Crippen molar-refractivity contribution in [3.8, 4) is 5.75 Å². The van der Waals surface area contributed by atoms with Crippen LogP contribution in [0.5, 0.6) is 5.75 Å². The van der Waals surface area contributed by atoms with Crippen molar-refractivity contribution in [2.45, 2.75) is 31.8 Å². The summed E-state index contributed by atoms with van der Waals surface area (Å²) in [4.78, 5) is 2.33. The Balaban J connectivity index is 1.97. The number of halogens is 1. The summed E-state index contributed by atoms with van der Waals surface area (Å²) in [5.41, 5.74) is 6.33. The molecule has 1 aromatic rings. The SMILES string of the molecule is CN1CCCCC1COc1ccc(F)cc1CN. The van der Waals surface area contributed by atoms with E-state index < -0.39 is 0 Å². The Morgan fingerprint density at radius 2 is 2.28 bits per heavy atom. The van der Waals surface area contributed by atoms with Gasteiger partial charge in [-0.15, -0.1) is 0 Å². The number of likely N-dealkylation sites (N-methyl/N-ethyl adjacent to an activating group) is 1. The van der Waals surface area contributed by atoms with E-state index in [1.807, 2.05) is 0 Å². The molecule has 0 radical (unpaired) electrons. The monoisotopic (exact) mass is 252 g/mol. The van der Waals surface area contributed by atoms with E-state index in [9.17, 15) is 4.39 Å². The summed E-state index contributed by atoms with van der Waals surface area (Å²) >= 11 is 0. The van der Waals surface area contributed by atoms with Gasteiger partial charge in [-0.1, -0.05) is 6.42 Å². The van der Waals surface area contributed by atoms with Crippen LogP contribution < -0.4 is 10.5 Å². The van der Waals surface area contributed by atoms with Gasteiger partial charge in [0.2, 0.25) is 0 Å². The molecule has 2 rings (SSSR count). The molecule has 2 N–H and O–H groups in total. The molecule has 0 amide bonds. The van der Waals surface area contributed by atoms with Crippen molar-refractivity contribution in [2.24, 2.45) is 5.73 Å². The molecule has 100 valence electrons. The van der Waals surface area contributed by atoms with Gasteiger partial charge in [-0.05, 0) is 44.6 Å². The Labute approximate surface area is 108 Å². The number of likely N-dealkylation sites (tertiary alicyclic amines) is 1. The van der Waals surface area contributed by atoms with Gasteiger partial charge in [-0.2, -0.15) is 0 Å². The molecule has 1 atom stereocenters. The van der Waals surface area contributed by atoms with Crippen molar-refractivity contribution in [3.05, 3.63) is 29.6 Å². The molecule has 1 aliphatic rings. The van der Waals surface area contributed by atoms with Gasteiger partial charge < -0.3 is 15.4 Å². The maximum atomic E-state index is 13.1. The third kappa shape index (κ3) is 3.21. The van der Waals surface area contributed by atoms with E-state index in [-0.39, 0.29) is 5.82 Å². The molecule has 4 heteroatoms. The normalized spacial score (nSPS) is 20.9. The molecular weight excluding hydrogens is 231 g/mol. The standard InChI is InChI=1S/C14H21FN2O/c1-17-7-3-2-4-13(17)10-18-14-6-5-12(15)8-11(14)9-16/h5-6,8,13H,2-4,7,9-10,16H2,1H3. The number of ether oxygens (including phenoxy) is 1. The average molecular weight is 252 g/mol. The van der Waals surface area contributed by atoms with E-state index >= 15 is 0 Å². The third-order valence-electron chi connectivity index (χ3n) is 3.60. The second-order valence-corrected chi connectivity index (χ2v) is 4.90. The van der Waals surface area contributed by atoms with E-state index in [0.717, 1.165) is 18.5 Å². The van der Waals surface area contributed by atoms with Crippen molar-refractivity contribution >= 4 is 0 Å². The fourth-order valence-electron chi connectivity index (χ4n) is 2.39. The molecule has 0 saturated carbocycles. The number of piperidine rings is 1. The van der Waals surface area contributed by atoms with Crippen LogP contribution in [0, 0.1) is 5.82 Å². The number of benzene rings is 1. The minimum atomic E-state index is -0.266. The average Bonchev–Trinajstić information content (AvgIpc) is 2.39. The number of hydrogen-bond acceptors (Lipinski definition) is 3. The van der Waals surface area contributed by atoms with Gasteiger partial charge in [0.25, 0.3) is 0 Å². The molecule has 0 spiro atoms. The van der Waals surface area contributed by atoms with Crippen LogP contribution in [0.15, 0.2) is 18.2 Å². The summed E-state index contributed by atoms with van der Waals surface area (Å²) in [5.74, 6) is 0.440. The Kier molecular flexibility index (Phi) is 4.55. The van der Waals surface area contributed by atoms with E-state index in [1.165, 1.54) is 25.0 Å². The number of nitrogens with two attached hydrogens (primary N) is 1. The summed E-state index contributed by atoms with van der Waals surface area (Å²) in [6.45, 7) is 2.07. The smallest absolute Gasteiger partial charge is 0.124 e. The third-order valence-corrected chi connectivity index (χ3v) is 3.60. The first kappa shape index (κ1) is 13.3. The van der Waals surface area contributed by atoms with Crippen molar-refractivity contribution in [3.63, 3.8) is 0 Å². The van der Waals surface area contributed by atoms with Gasteiger partial charge in [0, 0.05) is 18.2 Å². The Bertz CT molecular complexity index is 397. The van der Waals surface area contributed by atoms with Crippen molar-refractivity contribution < 1.29 is 9.13 Å². The van der Waals surface area contributed by atoms with E-state index in [2.05, 4.69) is 11.9 Å². The van der Waals surface area contributed by atoms with E-state index in [0.29, 0.717) is 24.9 Å². The summed E-state index contributed by atoms with van der Waals surface area (Å²) in [5, 5.41) is 0. The molecule has 0 bridgehead atoms. The predicted octanol–water partition coefficient (Wildman–Crippen LogP) is 2.15. The highest BCUT2D eigenvalue weighted by atomic mass is 19.1. The fraction of sp³-hybridized carbons (Fsp3) is 0.571. The molecule has 1 aliphatic heterocycles. The lowest BCUT2D eigenvalue weighted by Crippen LogP contribution is -2.40. The van der Waals surface area contributed by atoms with Crippen molar-refractivity contribution in [2.75, 3.05) is 20.2 Å². The van der Waals surface area contributed by atoms with Gasteiger partial charge in [-0.3, -0.25) is 0 Å². The van der Waals surface area contributed by atoms with Gasteiger partial charge in [-0.25, -0.2) is 4.39 Å². The van der Waals surface area contributed by atoms with Crippen LogP contribution in [0.2, 0.25) is 0 Å². The maximum Gasteiger partial charge on any atom is 0.124 e. The summed E-state index contributed by atoms with van der Waals surface area (Å²) in [6.07, 6.45) is 3.68. The summed E-state index contributed by atoms with van der Waals surface area (Å²) < 4.78 is 18.9. The molecule has 3 nitrogen and oxygen atoms in total. The predicted molar refractivity (Wildman–Crippen MR) is 70.1 cm³/mol. The molecule has 1 heterocycles. The van der Waals surface area contributed by atoms with Crippen LogP contribution in [-0.4, -0.2) is 31.1 Å². The lowest BCUT2D eigenvalue weighted by molar-refractivity contribution is 0.124. The zero-order valence-electron chi connectivity index (χ0n) is 10.9. The Morgan fingerprint density at radius 3 is 3.00 bits per heavy atom. The van der Waals surface area contributed by atoms with Crippen LogP contribution in [0.4, 0.5) is 4.39 Å². The second-order valence-electron chi connectivity index (χ2n) is 4.90. The Morgan fingerprint density at radius 1 is 1.44 bits per heavy atom. The van der Waals surface area contributed by atoms with Crippen LogP contribution >= 0.6 is 0 Å². The zero-order valence-corrected chi connectivity index (χ0v) is 10.9. The number of nitrogens with zero attached hydrogens (tertiary/aromatic N) is 1. The highest BCUT2D eigenvalue weighted by Gasteiger charge is 2.19. The molecule has 1 saturated heterocycles. The molecule has 1 unspecified atom stereocenters. The highest BCUT2D eigenvalue weighted by Crippen LogP contribution is 2.21. The maximum absolute atomic E-state index is 13.1. The molecular formula is C14H21FN2O. The first-order chi connectivity index (χ1) is 8.70. The lowest BCUT2D eigenvalue weighted by atomic mass is 10.0. The van der Waals surface area contributed by atoms with Crippen molar-refractivity contribution in [1.82, 2.24) is 4.90 Å². The van der Waals surface area contributed by atoms with Crippen LogP contribution in [0.25, 0.3) is 0 Å². The zero-order chi connectivity index (χ0) is 13.0. The first-order valence-electron chi connectivity index (χ1n) is 6.52. The quantitative estimate of drug-likeness (QED) is 0.892. The molecule has 1 fully saturated rings. The van der Waals surface area contributed by atoms with Gasteiger partial charge in [0.15, 0.2) is 0 Å². The molecule has 18 heavy (non-hydrogen) atoms. The van der Waals surface area contributed by atoms with Gasteiger partial charge >= 0.3 is 0 Å². The van der Waals surface area contributed by atoms with Gasteiger partial charge in [0.05, 0.1) is 0 Å². The molecule has 1 aromatic carbocycles. The van der Waals surface area contributed by atoms with Crippen LogP contribution in [0.1, 0.15) is 24.8 Å². The topological polar surface area (TPSA) is 38.5 Å². The minimum absolute atomic E-state index is 0.266. The summed E-state index contributed by atoms with van der Waals surface area (Å²) in [7, 11) is 2.13. The number of hydrogen-bond donors (Lipinski definition) is 1. The van der Waals surface area contributed by atoms with Crippen molar-refractivity contribution in [1.29, 1.82) is 0 Å². The Hall–Kier alpha value is -1.13. The van der Waals surface area contributed by atoms with E-state index in [1.54, 1.807) is 6.07 Å². The molecule has 0 aliphatic carbocycles. The highest BCUT2D eigenvalue weighted by molar-refractivity contribution is 5.33. The van der Waals surface area contributed by atoms with Gasteiger partial charge in [0.1, 0.15) is 18.2 Å². The lowest BCUT2D eigenvalue weighted by Gasteiger charge is -2.32. The molecule has 0 aromatic heterocycles. The van der Waals surface area contributed by atoms with Crippen LogP contribution in [0.3, 0.4) is 0 Å². The first-order valence-corrected chi connectivity index (χ1v) is 6.52. The fourth-order valence-corrected chi connectivity index (χ4v) is 2.39. The van der Waals surface area contributed by atoms with Crippen LogP contribution in [-0.2, 0) is 6.54 Å². The largest absolute Gasteiger partial charge is 0.492 e. The minimum Gasteiger partial charge on any atom is -0.492 e. The van der Waals surface area contributed by atoms with E-state index in [4.69, 9.17) is 10.5 Å². The number of rotatable bonds is 4. The second kappa shape index (κ2) is 6.16.